The maximum atomic E-state index is 11.7. The minimum Gasteiger partial charge on any atom is -0.348 e. The van der Waals surface area contributed by atoms with Gasteiger partial charge >= 0.3 is 0 Å². The molecule has 0 spiro atoms. The molecule has 0 fully saturated rings. The highest BCUT2D eigenvalue weighted by Crippen LogP contribution is 2.35. The summed E-state index contributed by atoms with van der Waals surface area (Å²) < 4.78 is 0. The summed E-state index contributed by atoms with van der Waals surface area (Å²) in [5.41, 5.74) is 1.25. The van der Waals surface area contributed by atoms with Crippen molar-refractivity contribution in [2.45, 2.75) is 29.1 Å². The molecule has 86 valence electrons. The zero-order valence-electron chi connectivity index (χ0n) is 9.07. The van der Waals surface area contributed by atoms with Gasteiger partial charge < -0.3 is 5.32 Å². The molecular formula is C12H14BrNOS. The Hall–Kier alpha value is -0.480. The molecule has 4 heteroatoms. The first kappa shape index (κ1) is 12.0. The van der Waals surface area contributed by atoms with Gasteiger partial charge in [-0.05, 0) is 25.0 Å². The van der Waals surface area contributed by atoms with Gasteiger partial charge in [0.2, 0.25) is 5.91 Å². The number of carbonyl (C=O) groups excluding carboxylic acids is 1. The van der Waals surface area contributed by atoms with Crippen molar-refractivity contribution >= 4 is 33.6 Å². The molecule has 1 aliphatic rings. The quantitative estimate of drug-likeness (QED) is 0.850. The highest BCUT2D eigenvalue weighted by molar-refractivity contribution is 9.10. The van der Waals surface area contributed by atoms with Gasteiger partial charge in [0.25, 0.3) is 0 Å². The topological polar surface area (TPSA) is 29.1 Å². The lowest BCUT2D eigenvalue weighted by Crippen LogP contribution is -2.34. The third-order valence-corrected chi connectivity index (χ3v) is 4.17. The highest BCUT2D eigenvalue weighted by Gasteiger charge is 2.22. The molecule has 0 aliphatic carbocycles. The molecule has 1 aromatic rings. The fourth-order valence-corrected chi connectivity index (χ4v) is 3.04. The van der Waals surface area contributed by atoms with E-state index in [-0.39, 0.29) is 16.8 Å². The largest absolute Gasteiger partial charge is 0.348 e. The lowest BCUT2D eigenvalue weighted by atomic mass is 10.0. The Kier molecular flexibility index (Phi) is 3.92. The van der Waals surface area contributed by atoms with E-state index in [4.69, 9.17) is 0 Å². The zero-order chi connectivity index (χ0) is 11.5. The summed E-state index contributed by atoms with van der Waals surface area (Å²) in [5, 5.41) is 3.08. The summed E-state index contributed by atoms with van der Waals surface area (Å²) >= 11 is 5.15. The van der Waals surface area contributed by atoms with E-state index in [1.165, 1.54) is 10.5 Å². The fraction of sp³-hybridized carbons (Fsp3) is 0.417. The molecule has 0 saturated heterocycles. The van der Waals surface area contributed by atoms with Gasteiger partial charge in [0, 0.05) is 10.6 Å². The fourth-order valence-electron chi connectivity index (χ4n) is 1.78. The number of amides is 1. The Balaban J connectivity index is 2.16. The van der Waals surface area contributed by atoms with Crippen LogP contribution in [0.3, 0.4) is 0 Å². The summed E-state index contributed by atoms with van der Waals surface area (Å²) in [6, 6.07) is 8.47. The molecule has 2 rings (SSSR count). The molecule has 1 N–H and O–H groups in total. The molecule has 2 atom stereocenters. The summed E-state index contributed by atoms with van der Waals surface area (Å²) in [7, 11) is 0. The number of thioether (sulfide) groups is 1. The number of carbonyl (C=O) groups is 1. The van der Waals surface area contributed by atoms with Gasteiger partial charge in [-0.25, -0.2) is 0 Å². The standard InChI is InChI=1S/C12H14BrNOS/c1-8(13)12(15)14-10-6-7-16-11-5-3-2-4-9(10)11/h2-5,8,10H,6-7H2,1H3,(H,14,15). The van der Waals surface area contributed by atoms with Crippen molar-refractivity contribution in [1.82, 2.24) is 5.32 Å². The van der Waals surface area contributed by atoms with Crippen LogP contribution < -0.4 is 5.32 Å². The van der Waals surface area contributed by atoms with E-state index < -0.39 is 0 Å². The number of rotatable bonds is 2. The highest BCUT2D eigenvalue weighted by atomic mass is 79.9. The number of hydrogen-bond acceptors (Lipinski definition) is 2. The van der Waals surface area contributed by atoms with Gasteiger partial charge in [0.1, 0.15) is 0 Å². The van der Waals surface area contributed by atoms with Crippen LogP contribution in [-0.4, -0.2) is 16.5 Å². The molecule has 1 aliphatic heterocycles. The molecule has 1 heterocycles. The van der Waals surface area contributed by atoms with Crippen LogP contribution in [0.1, 0.15) is 24.9 Å². The lowest BCUT2D eigenvalue weighted by Gasteiger charge is -2.26. The van der Waals surface area contributed by atoms with E-state index in [9.17, 15) is 4.79 Å². The van der Waals surface area contributed by atoms with Crippen molar-refractivity contribution in [3.8, 4) is 0 Å². The van der Waals surface area contributed by atoms with Gasteiger partial charge in [0.15, 0.2) is 0 Å². The molecule has 1 aromatic carbocycles. The minimum atomic E-state index is -0.130. The Morgan fingerprint density at radius 3 is 3.06 bits per heavy atom. The number of nitrogens with one attached hydrogen (secondary N) is 1. The number of hydrogen-bond donors (Lipinski definition) is 1. The third kappa shape index (κ3) is 2.61. The van der Waals surface area contributed by atoms with Crippen LogP contribution in [0.4, 0.5) is 0 Å². The minimum absolute atomic E-state index is 0.0618. The van der Waals surface area contributed by atoms with Crippen LogP contribution in [0.15, 0.2) is 29.2 Å². The van der Waals surface area contributed by atoms with Crippen molar-refractivity contribution in [2.24, 2.45) is 0 Å². The average molecular weight is 300 g/mol. The predicted molar refractivity (Wildman–Crippen MR) is 71.1 cm³/mol. The third-order valence-electron chi connectivity index (χ3n) is 2.64. The summed E-state index contributed by atoms with van der Waals surface area (Å²) in [4.78, 5) is 12.8. The van der Waals surface area contributed by atoms with Crippen LogP contribution in [0.5, 0.6) is 0 Å². The Bertz CT molecular complexity index is 394. The zero-order valence-corrected chi connectivity index (χ0v) is 11.5. The van der Waals surface area contributed by atoms with Crippen molar-refractivity contribution in [1.29, 1.82) is 0 Å². The second kappa shape index (κ2) is 5.23. The molecule has 0 saturated carbocycles. The van der Waals surface area contributed by atoms with E-state index >= 15 is 0 Å². The van der Waals surface area contributed by atoms with Gasteiger partial charge in [0.05, 0.1) is 10.9 Å². The van der Waals surface area contributed by atoms with Gasteiger partial charge in [-0.2, -0.15) is 0 Å². The van der Waals surface area contributed by atoms with Crippen molar-refractivity contribution in [3.63, 3.8) is 0 Å². The van der Waals surface area contributed by atoms with Crippen LogP contribution in [-0.2, 0) is 4.79 Å². The van der Waals surface area contributed by atoms with Crippen LogP contribution >= 0.6 is 27.7 Å². The van der Waals surface area contributed by atoms with Gasteiger partial charge in [-0.1, -0.05) is 34.1 Å². The van der Waals surface area contributed by atoms with Crippen LogP contribution in [0.25, 0.3) is 0 Å². The van der Waals surface area contributed by atoms with E-state index in [2.05, 4.69) is 33.4 Å². The number of benzene rings is 1. The normalized spacial score (nSPS) is 21.0. The van der Waals surface area contributed by atoms with E-state index in [0.29, 0.717) is 0 Å². The molecule has 16 heavy (non-hydrogen) atoms. The maximum Gasteiger partial charge on any atom is 0.233 e. The van der Waals surface area contributed by atoms with E-state index in [1.54, 1.807) is 0 Å². The molecule has 1 amide bonds. The summed E-state index contributed by atoms with van der Waals surface area (Å²) in [6.07, 6.45) is 1.01. The molecule has 0 bridgehead atoms. The van der Waals surface area contributed by atoms with Crippen molar-refractivity contribution in [3.05, 3.63) is 29.8 Å². The Morgan fingerprint density at radius 1 is 1.56 bits per heavy atom. The number of alkyl halides is 1. The first-order valence-electron chi connectivity index (χ1n) is 5.34. The van der Waals surface area contributed by atoms with Crippen LogP contribution in [0, 0.1) is 0 Å². The molecule has 2 nitrogen and oxygen atoms in total. The number of halogens is 1. The Morgan fingerprint density at radius 2 is 2.31 bits per heavy atom. The number of fused-ring (bicyclic) bond motifs is 1. The van der Waals surface area contributed by atoms with Gasteiger partial charge in [-0.15, -0.1) is 11.8 Å². The average Bonchev–Trinajstić information content (AvgIpc) is 2.29. The second-order valence-electron chi connectivity index (χ2n) is 3.85. The summed E-state index contributed by atoms with van der Waals surface area (Å²) in [5.74, 6) is 1.13. The monoisotopic (exact) mass is 299 g/mol. The van der Waals surface area contributed by atoms with E-state index in [0.717, 1.165) is 12.2 Å². The van der Waals surface area contributed by atoms with Gasteiger partial charge in [-0.3, -0.25) is 4.79 Å². The first-order chi connectivity index (χ1) is 7.68. The molecule has 0 radical (unpaired) electrons. The van der Waals surface area contributed by atoms with E-state index in [1.807, 2.05) is 30.8 Å². The molecule has 0 aromatic heterocycles. The second-order valence-corrected chi connectivity index (χ2v) is 6.36. The molecular weight excluding hydrogens is 286 g/mol. The van der Waals surface area contributed by atoms with Crippen molar-refractivity contribution in [2.75, 3.05) is 5.75 Å². The van der Waals surface area contributed by atoms with Crippen LogP contribution in [0.2, 0.25) is 0 Å². The maximum absolute atomic E-state index is 11.7. The predicted octanol–water partition coefficient (Wildman–Crippen LogP) is 3.12. The SMILES string of the molecule is CC(Br)C(=O)NC1CCSc2ccccc21. The first-order valence-corrected chi connectivity index (χ1v) is 7.25. The van der Waals surface area contributed by atoms with Crippen molar-refractivity contribution < 1.29 is 4.79 Å². The Labute approximate surface area is 108 Å². The molecule has 2 unspecified atom stereocenters. The smallest absolute Gasteiger partial charge is 0.233 e. The summed E-state index contributed by atoms with van der Waals surface area (Å²) in [6.45, 7) is 1.85. The lowest BCUT2D eigenvalue weighted by molar-refractivity contribution is -0.120.